The Morgan fingerprint density at radius 3 is 2.59 bits per heavy atom. The van der Waals surface area contributed by atoms with Gasteiger partial charge >= 0.3 is 0 Å². The monoisotopic (exact) mass is 387 g/mol. The second-order valence-corrected chi connectivity index (χ2v) is 8.79. The van der Waals surface area contributed by atoms with Crippen molar-refractivity contribution in [2.24, 2.45) is 5.92 Å². The van der Waals surface area contributed by atoms with Crippen molar-refractivity contribution in [2.75, 3.05) is 20.2 Å². The summed E-state index contributed by atoms with van der Waals surface area (Å²) in [4.78, 5) is 18.6. The highest BCUT2D eigenvalue weighted by molar-refractivity contribution is 7.89. The first-order chi connectivity index (χ1) is 13.0. The van der Waals surface area contributed by atoms with Crippen molar-refractivity contribution in [1.29, 1.82) is 0 Å². The van der Waals surface area contributed by atoms with Gasteiger partial charge in [-0.15, -0.1) is 0 Å². The maximum Gasteiger partial charge on any atom is 0.252 e. The second-order valence-electron chi connectivity index (χ2n) is 6.85. The molecule has 142 valence electrons. The highest BCUT2D eigenvalue weighted by Gasteiger charge is 2.54. The van der Waals surface area contributed by atoms with E-state index in [-0.39, 0.29) is 35.9 Å². The molecule has 2 aliphatic heterocycles. The van der Waals surface area contributed by atoms with Crippen LogP contribution < -0.4 is 0 Å². The number of likely N-dealkylation sites (tertiary alicyclic amines) is 1. The van der Waals surface area contributed by atoms with Gasteiger partial charge in [-0.25, -0.2) is 8.42 Å². The molecule has 0 N–H and O–H groups in total. The number of hydrogen-bond donors (Lipinski definition) is 0. The molecule has 0 bridgehead atoms. The van der Waals surface area contributed by atoms with Gasteiger partial charge in [0, 0.05) is 45.1 Å². The number of methoxy groups -OCH3 is 1. The lowest BCUT2D eigenvalue weighted by atomic mass is 10.0. The third-order valence-electron chi connectivity index (χ3n) is 5.34. The van der Waals surface area contributed by atoms with Crippen LogP contribution in [0.4, 0.5) is 0 Å². The van der Waals surface area contributed by atoms with Gasteiger partial charge in [0.1, 0.15) is 11.0 Å². The van der Waals surface area contributed by atoms with Crippen LogP contribution in [0.5, 0.6) is 0 Å². The first-order valence-corrected chi connectivity index (χ1v) is 10.2. The molecule has 3 atom stereocenters. The number of pyridine rings is 1. The summed E-state index contributed by atoms with van der Waals surface area (Å²) in [5.74, 6) is -0.257. The molecule has 27 heavy (non-hydrogen) atoms. The highest BCUT2D eigenvalue weighted by atomic mass is 32.2. The molecule has 2 fully saturated rings. The van der Waals surface area contributed by atoms with Crippen LogP contribution in [-0.4, -0.2) is 60.9 Å². The normalized spacial score (nSPS) is 25.7. The number of carbonyl (C=O) groups excluding carboxylic acids is 1. The summed E-state index contributed by atoms with van der Waals surface area (Å²) < 4.78 is 32.8. The van der Waals surface area contributed by atoms with Crippen molar-refractivity contribution in [3.05, 3.63) is 60.4 Å². The molecule has 0 unspecified atom stereocenters. The van der Waals surface area contributed by atoms with Crippen molar-refractivity contribution in [3.8, 4) is 0 Å². The van der Waals surface area contributed by atoms with Gasteiger partial charge < -0.3 is 9.64 Å². The van der Waals surface area contributed by atoms with E-state index in [1.165, 1.54) is 23.7 Å². The topological polar surface area (TPSA) is 79.8 Å². The summed E-state index contributed by atoms with van der Waals surface area (Å²) in [5, 5.41) is 0. The molecule has 1 aromatic heterocycles. The number of nitrogens with zero attached hydrogens (tertiary/aromatic N) is 3. The van der Waals surface area contributed by atoms with Gasteiger partial charge in [0.2, 0.25) is 10.0 Å². The van der Waals surface area contributed by atoms with E-state index in [0.717, 1.165) is 5.56 Å². The molecule has 0 saturated carbocycles. The van der Waals surface area contributed by atoms with Gasteiger partial charge in [-0.2, -0.15) is 4.31 Å². The molecular weight excluding hydrogens is 366 g/mol. The van der Waals surface area contributed by atoms with Crippen LogP contribution in [0.15, 0.2) is 59.8 Å². The third-order valence-corrected chi connectivity index (χ3v) is 7.15. The van der Waals surface area contributed by atoms with Crippen LogP contribution in [0.1, 0.15) is 5.56 Å². The molecule has 0 aliphatic carbocycles. The van der Waals surface area contributed by atoms with Crippen molar-refractivity contribution < 1.29 is 17.9 Å². The number of amides is 1. The Morgan fingerprint density at radius 2 is 1.93 bits per heavy atom. The lowest BCUT2D eigenvalue weighted by Gasteiger charge is -2.25. The number of rotatable bonds is 5. The number of carbonyl (C=O) groups is 1. The lowest BCUT2D eigenvalue weighted by molar-refractivity contribution is -0.138. The number of benzene rings is 1. The summed E-state index contributed by atoms with van der Waals surface area (Å²) in [7, 11) is -2.14. The average Bonchev–Trinajstić information content (AvgIpc) is 3.22. The zero-order valence-electron chi connectivity index (χ0n) is 14.9. The van der Waals surface area contributed by atoms with E-state index in [1.807, 2.05) is 30.3 Å². The predicted octanol–water partition coefficient (Wildman–Crippen LogP) is 1.13. The SMILES string of the molecule is CO[C@@H]1C(=O)N(Cc2ccccc2)[C@@H]2CN(S(=O)(=O)c3cccnc3)C[C@H]12. The van der Waals surface area contributed by atoms with Crippen LogP contribution >= 0.6 is 0 Å². The van der Waals surface area contributed by atoms with Gasteiger partial charge in [-0.1, -0.05) is 30.3 Å². The van der Waals surface area contributed by atoms with Gasteiger partial charge in [0.15, 0.2) is 0 Å². The molecule has 7 nitrogen and oxygen atoms in total. The van der Waals surface area contributed by atoms with Crippen LogP contribution in [0, 0.1) is 5.92 Å². The Bertz CT molecular complexity index is 920. The Balaban J connectivity index is 1.60. The lowest BCUT2D eigenvalue weighted by Crippen LogP contribution is -2.40. The van der Waals surface area contributed by atoms with Crippen LogP contribution in [0.3, 0.4) is 0 Å². The fourth-order valence-electron chi connectivity index (χ4n) is 4.01. The molecule has 4 rings (SSSR count). The second kappa shape index (κ2) is 7.03. The zero-order valence-corrected chi connectivity index (χ0v) is 15.7. The number of ether oxygens (including phenoxy) is 1. The Morgan fingerprint density at radius 1 is 1.15 bits per heavy atom. The van der Waals surface area contributed by atoms with Gasteiger partial charge in [0.25, 0.3) is 5.91 Å². The Kier molecular flexibility index (Phi) is 4.71. The Hall–Kier alpha value is -2.29. The van der Waals surface area contributed by atoms with Gasteiger partial charge in [0.05, 0.1) is 6.04 Å². The van der Waals surface area contributed by atoms with E-state index < -0.39 is 16.1 Å². The molecule has 2 aliphatic rings. The molecule has 8 heteroatoms. The summed E-state index contributed by atoms with van der Waals surface area (Å²) in [5.41, 5.74) is 1.01. The minimum absolute atomic E-state index is 0.0743. The van der Waals surface area contributed by atoms with Gasteiger partial charge in [-0.05, 0) is 17.7 Å². The van der Waals surface area contributed by atoms with E-state index in [4.69, 9.17) is 4.74 Å². The Labute approximate surface area is 158 Å². The minimum atomic E-state index is -3.65. The number of hydrogen-bond acceptors (Lipinski definition) is 5. The molecule has 0 spiro atoms. The first kappa shape index (κ1) is 18.1. The molecule has 3 heterocycles. The third kappa shape index (κ3) is 3.13. The van der Waals surface area contributed by atoms with Crippen LogP contribution in [-0.2, 0) is 26.1 Å². The molecule has 2 aromatic rings. The zero-order chi connectivity index (χ0) is 19.0. The standard InChI is InChI=1S/C19H21N3O4S/c1-26-18-16-12-21(27(24,25)15-8-5-9-20-10-15)13-17(16)22(19(18)23)11-14-6-3-2-4-7-14/h2-10,16-18H,11-13H2,1H3/t16-,17+,18-/m0/s1. The summed E-state index contributed by atoms with van der Waals surface area (Å²) in [6.07, 6.45) is 2.27. The minimum Gasteiger partial charge on any atom is -0.371 e. The van der Waals surface area contributed by atoms with E-state index >= 15 is 0 Å². The van der Waals surface area contributed by atoms with Crippen LogP contribution in [0.2, 0.25) is 0 Å². The quantitative estimate of drug-likeness (QED) is 0.768. The van der Waals surface area contributed by atoms with Crippen molar-refractivity contribution in [3.63, 3.8) is 0 Å². The summed E-state index contributed by atoms with van der Waals surface area (Å²) >= 11 is 0. The van der Waals surface area contributed by atoms with Crippen molar-refractivity contribution in [1.82, 2.24) is 14.2 Å². The number of fused-ring (bicyclic) bond motifs is 1. The molecular formula is C19H21N3O4S. The molecule has 2 saturated heterocycles. The van der Waals surface area contributed by atoms with Crippen molar-refractivity contribution in [2.45, 2.75) is 23.6 Å². The molecule has 1 amide bonds. The molecule has 0 radical (unpaired) electrons. The van der Waals surface area contributed by atoms with Crippen molar-refractivity contribution >= 4 is 15.9 Å². The number of aromatic nitrogens is 1. The highest BCUT2D eigenvalue weighted by Crippen LogP contribution is 2.37. The molecule has 1 aromatic carbocycles. The maximum absolute atomic E-state index is 12.9. The van der Waals surface area contributed by atoms with E-state index in [2.05, 4.69) is 4.98 Å². The van der Waals surface area contributed by atoms with Crippen LogP contribution in [0.25, 0.3) is 0 Å². The fourth-order valence-corrected chi connectivity index (χ4v) is 5.47. The maximum atomic E-state index is 12.9. The smallest absolute Gasteiger partial charge is 0.252 e. The summed E-state index contributed by atoms with van der Waals surface area (Å²) in [6.45, 7) is 0.971. The van der Waals surface area contributed by atoms with Gasteiger partial charge in [-0.3, -0.25) is 9.78 Å². The van der Waals surface area contributed by atoms with E-state index in [9.17, 15) is 13.2 Å². The summed E-state index contributed by atoms with van der Waals surface area (Å²) in [6, 6.07) is 12.6. The predicted molar refractivity (Wildman–Crippen MR) is 98.1 cm³/mol. The van der Waals surface area contributed by atoms with E-state index in [0.29, 0.717) is 6.54 Å². The largest absolute Gasteiger partial charge is 0.371 e. The first-order valence-electron chi connectivity index (χ1n) is 8.80. The fraction of sp³-hybridized carbons (Fsp3) is 0.368. The average molecular weight is 387 g/mol. The van der Waals surface area contributed by atoms with E-state index in [1.54, 1.807) is 17.2 Å². The number of sulfonamides is 1.